The Morgan fingerprint density at radius 1 is 1.03 bits per heavy atom. The number of nitrogens with zero attached hydrogens (tertiary/aromatic N) is 2. The third-order valence-electron chi connectivity index (χ3n) is 5.70. The molecule has 2 aromatic heterocycles. The molecule has 0 saturated heterocycles. The molecule has 0 aliphatic rings. The monoisotopic (exact) mass is 501 g/mol. The van der Waals surface area contributed by atoms with E-state index in [9.17, 15) is 14.9 Å². The normalized spacial score (nSPS) is 11.2. The molecule has 36 heavy (non-hydrogen) atoms. The van der Waals surface area contributed by atoms with Gasteiger partial charge in [-0.15, -0.1) is 0 Å². The molecular formula is C27H20ClN3O5. The first-order chi connectivity index (χ1) is 17.3. The number of rotatable bonds is 6. The lowest BCUT2D eigenvalue weighted by atomic mass is 10.0. The summed E-state index contributed by atoms with van der Waals surface area (Å²) in [6.07, 6.45) is 0. The van der Waals surface area contributed by atoms with Crippen molar-refractivity contribution in [1.82, 2.24) is 4.98 Å². The van der Waals surface area contributed by atoms with E-state index in [-0.39, 0.29) is 11.4 Å². The molecule has 5 rings (SSSR count). The zero-order chi connectivity index (χ0) is 25.4. The molecule has 0 bridgehead atoms. The van der Waals surface area contributed by atoms with Gasteiger partial charge in [0.2, 0.25) is 5.89 Å². The molecule has 3 aromatic carbocycles. The maximum Gasteiger partial charge on any atom is 0.291 e. The number of aromatic nitrogens is 1. The number of nitro benzene ring substituents is 1. The molecule has 2 heterocycles. The van der Waals surface area contributed by atoms with E-state index in [4.69, 9.17) is 20.4 Å². The van der Waals surface area contributed by atoms with Crippen LogP contribution in [0, 0.1) is 10.1 Å². The summed E-state index contributed by atoms with van der Waals surface area (Å²) < 4.78 is 11.6. The lowest BCUT2D eigenvalue weighted by Gasteiger charge is -2.06. The molecular weight excluding hydrogens is 482 g/mol. The molecule has 180 valence electrons. The minimum absolute atomic E-state index is 0.0519. The van der Waals surface area contributed by atoms with Crippen molar-refractivity contribution in [2.24, 2.45) is 0 Å². The van der Waals surface area contributed by atoms with Gasteiger partial charge in [0.15, 0.2) is 11.3 Å². The van der Waals surface area contributed by atoms with E-state index in [0.717, 1.165) is 11.1 Å². The van der Waals surface area contributed by atoms with Crippen LogP contribution in [0.1, 0.15) is 35.9 Å². The van der Waals surface area contributed by atoms with Gasteiger partial charge in [-0.25, -0.2) is 4.98 Å². The fraction of sp³-hybridized carbons (Fsp3) is 0.111. The predicted molar refractivity (Wildman–Crippen MR) is 137 cm³/mol. The number of amides is 1. The lowest BCUT2D eigenvalue weighted by Crippen LogP contribution is -2.10. The number of carbonyl (C=O) groups excluding carboxylic acids is 1. The first kappa shape index (κ1) is 23.3. The number of furan rings is 1. The summed E-state index contributed by atoms with van der Waals surface area (Å²) in [7, 11) is 0. The molecule has 0 aliphatic heterocycles. The molecule has 0 fully saturated rings. The summed E-state index contributed by atoms with van der Waals surface area (Å²) in [4.78, 5) is 28.0. The predicted octanol–water partition coefficient (Wildman–Crippen LogP) is 7.69. The van der Waals surface area contributed by atoms with E-state index in [1.165, 1.54) is 18.2 Å². The number of nitro groups is 1. The lowest BCUT2D eigenvalue weighted by molar-refractivity contribution is -0.384. The molecule has 0 saturated carbocycles. The van der Waals surface area contributed by atoms with Crippen LogP contribution < -0.4 is 5.32 Å². The van der Waals surface area contributed by atoms with E-state index < -0.39 is 10.8 Å². The average Bonchev–Trinajstić information content (AvgIpc) is 3.52. The van der Waals surface area contributed by atoms with Crippen molar-refractivity contribution in [3.63, 3.8) is 0 Å². The molecule has 0 spiro atoms. The number of nitrogens with one attached hydrogen (secondary N) is 1. The Morgan fingerprint density at radius 2 is 1.86 bits per heavy atom. The van der Waals surface area contributed by atoms with Crippen molar-refractivity contribution >= 4 is 40.0 Å². The number of oxazole rings is 1. The number of halogens is 1. The van der Waals surface area contributed by atoms with Crippen molar-refractivity contribution in [2.75, 3.05) is 5.32 Å². The Labute approximate surface area is 210 Å². The van der Waals surface area contributed by atoms with Gasteiger partial charge in [-0.1, -0.05) is 43.6 Å². The molecule has 0 aliphatic carbocycles. The molecule has 0 unspecified atom stereocenters. The zero-order valence-corrected chi connectivity index (χ0v) is 20.1. The highest BCUT2D eigenvalue weighted by atomic mass is 35.5. The molecule has 0 radical (unpaired) electrons. The van der Waals surface area contributed by atoms with Crippen molar-refractivity contribution < 1.29 is 18.6 Å². The number of non-ortho nitro benzene ring substituents is 1. The summed E-state index contributed by atoms with van der Waals surface area (Å²) in [6, 6.07) is 20.0. The van der Waals surface area contributed by atoms with Crippen LogP contribution in [0.2, 0.25) is 5.02 Å². The highest BCUT2D eigenvalue weighted by Crippen LogP contribution is 2.33. The van der Waals surface area contributed by atoms with Crippen LogP contribution in [0.5, 0.6) is 0 Å². The molecule has 8 nitrogen and oxygen atoms in total. The minimum atomic E-state index is -0.488. The van der Waals surface area contributed by atoms with Crippen LogP contribution in [-0.4, -0.2) is 15.8 Å². The van der Waals surface area contributed by atoms with Crippen molar-refractivity contribution in [2.45, 2.75) is 19.8 Å². The van der Waals surface area contributed by atoms with E-state index in [2.05, 4.69) is 24.1 Å². The first-order valence-electron chi connectivity index (χ1n) is 11.1. The number of hydrogen-bond acceptors (Lipinski definition) is 6. The molecule has 9 heteroatoms. The van der Waals surface area contributed by atoms with Crippen LogP contribution in [0.3, 0.4) is 0 Å². The third kappa shape index (κ3) is 4.58. The number of carbonyl (C=O) groups is 1. The second-order valence-electron chi connectivity index (χ2n) is 8.52. The van der Waals surface area contributed by atoms with Gasteiger partial charge in [-0.05, 0) is 53.9 Å². The van der Waals surface area contributed by atoms with Gasteiger partial charge in [-0.3, -0.25) is 14.9 Å². The average molecular weight is 502 g/mol. The van der Waals surface area contributed by atoms with E-state index in [0.29, 0.717) is 45.0 Å². The third-order valence-corrected chi connectivity index (χ3v) is 6.03. The standard InChI is InChI=1S/C27H20ClN3O5/c1-15(2)16-6-9-24-22(13-16)30-27(36-24)20-14-18(7-8-21(20)28)29-26(32)25-11-10-23(35-25)17-4-3-5-19(12-17)31(33)34/h3-15H,1-2H3,(H,29,32). The second kappa shape index (κ2) is 9.31. The molecule has 1 amide bonds. The summed E-state index contributed by atoms with van der Waals surface area (Å²) in [5.74, 6) is 0.608. The highest BCUT2D eigenvalue weighted by molar-refractivity contribution is 6.33. The smallest absolute Gasteiger partial charge is 0.291 e. The van der Waals surface area contributed by atoms with Crippen LogP contribution in [0.4, 0.5) is 11.4 Å². The first-order valence-corrected chi connectivity index (χ1v) is 11.5. The minimum Gasteiger partial charge on any atom is -0.451 e. The molecule has 5 aromatic rings. The Morgan fingerprint density at radius 3 is 2.64 bits per heavy atom. The van der Waals surface area contributed by atoms with Crippen molar-refractivity contribution in [1.29, 1.82) is 0 Å². The molecule has 1 N–H and O–H groups in total. The summed E-state index contributed by atoms with van der Waals surface area (Å²) in [6.45, 7) is 4.22. The summed E-state index contributed by atoms with van der Waals surface area (Å²) in [5.41, 5.74) is 3.95. The van der Waals surface area contributed by atoms with Crippen LogP contribution in [0.15, 0.2) is 81.6 Å². The highest BCUT2D eigenvalue weighted by Gasteiger charge is 2.17. The van der Waals surface area contributed by atoms with Gasteiger partial charge in [0.1, 0.15) is 11.3 Å². The maximum atomic E-state index is 12.8. The summed E-state index contributed by atoms with van der Waals surface area (Å²) in [5, 5.41) is 14.2. The van der Waals surface area contributed by atoms with Gasteiger partial charge in [-0.2, -0.15) is 0 Å². The fourth-order valence-electron chi connectivity index (χ4n) is 3.77. The number of anilines is 1. The summed E-state index contributed by atoms with van der Waals surface area (Å²) >= 11 is 6.42. The largest absolute Gasteiger partial charge is 0.451 e. The number of hydrogen-bond donors (Lipinski definition) is 1. The Kier molecular flexibility index (Phi) is 6.03. The van der Waals surface area contributed by atoms with E-state index in [1.807, 2.05) is 18.2 Å². The van der Waals surface area contributed by atoms with Crippen LogP contribution in [-0.2, 0) is 0 Å². The van der Waals surface area contributed by atoms with Crippen LogP contribution in [0.25, 0.3) is 33.9 Å². The maximum absolute atomic E-state index is 12.8. The number of benzene rings is 3. The van der Waals surface area contributed by atoms with E-state index in [1.54, 1.807) is 36.4 Å². The zero-order valence-electron chi connectivity index (χ0n) is 19.3. The van der Waals surface area contributed by atoms with Gasteiger partial charge in [0.05, 0.1) is 15.5 Å². The SMILES string of the molecule is CC(C)c1ccc2oc(-c3cc(NC(=O)c4ccc(-c5cccc([N+](=O)[O-])c5)o4)ccc3Cl)nc2c1. The van der Waals surface area contributed by atoms with Crippen LogP contribution >= 0.6 is 11.6 Å². The molecule has 0 atom stereocenters. The fourth-order valence-corrected chi connectivity index (χ4v) is 3.96. The van der Waals surface area contributed by atoms with Gasteiger partial charge in [0.25, 0.3) is 11.6 Å². The Balaban J connectivity index is 1.39. The van der Waals surface area contributed by atoms with Gasteiger partial charge in [0, 0.05) is 23.4 Å². The van der Waals surface area contributed by atoms with E-state index >= 15 is 0 Å². The van der Waals surface area contributed by atoms with Crippen molar-refractivity contribution in [3.8, 4) is 22.8 Å². The number of fused-ring (bicyclic) bond motifs is 1. The van der Waals surface area contributed by atoms with Gasteiger partial charge >= 0.3 is 0 Å². The van der Waals surface area contributed by atoms with Gasteiger partial charge < -0.3 is 14.2 Å². The second-order valence-corrected chi connectivity index (χ2v) is 8.93. The Bertz CT molecular complexity index is 1620. The Hall–Kier alpha value is -4.43. The van der Waals surface area contributed by atoms with Crippen molar-refractivity contribution in [3.05, 3.63) is 99.3 Å². The topological polar surface area (TPSA) is 111 Å². The quantitative estimate of drug-likeness (QED) is 0.188.